The van der Waals surface area contributed by atoms with Crippen molar-refractivity contribution in [2.75, 3.05) is 19.8 Å². The first-order valence-corrected chi connectivity index (χ1v) is 6.73. The van der Waals surface area contributed by atoms with Crippen LogP contribution in [0.5, 0.6) is 0 Å². The van der Waals surface area contributed by atoms with Crippen LogP contribution >= 0.6 is 0 Å². The maximum Gasteiger partial charge on any atom is 0.302 e. The first-order chi connectivity index (χ1) is 8.66. The van der Waals surface area contributed by atoms with Gasteiger partial charge < -0.3 is 18.9 Å². The molecule has 1 spiro atoms. The van der Waals surface area contributed by atoms with Crippen molar-refractivity contribution in [3.05, 3.63) is 0 Å². The molecule has 0 aromatic heterocycles. The molecule has 2 saturated heterocycles. The van der Waals surface area contributed by atoms with Gasteiger partial charge in [-0.05, 0) is 19.3 Å². The third-order valence-electron chi connectivity index (χ3n) is 3.51. The molecule has 2 heterocycles. The van der Waals surface area contributed by atoms with E-state index in [0.29, 0.717) is 19.8 Å². The minimum Gasteiger partial charge on any atom is -0.466 e. The predicted molar refractivity (Wildman–Crippen MR) is 64.1 cm³/mol. The van der Waals surface area contributed by atoms with Crippen LogP contribution < -0.4 is 0 Å². The number of hydrogen-bond donors (Lipinski definition) is 0. The molecule has 0 aliphatic carbocycles. The quantitative estimate of drug-likeness (QED) is 0.554. The van der Waals surface area contributed by atoms with Crippen LogP contribution in [0.15, 0.2) is 0 Å². The summed E-state index contributed by atoms with van der Waals surface area (Å²) >= 11 is 0. The van der Waals surface area contributed by atoms with Crippen molar-refractivity contribution in [3.8, 4) is 0 Å². The van der Waals surface area contributed by atoms with Gasteiger partial charge in [0.1, 0.15) is 6.10 Å². The SMILES string of the molecule is CC[C@@H]1CC2(OCCO2)[C@H](CCCOC(C)=O)O1. The molecule has 2 aliphatic heterocycles. The molecule has 0 radical (unpaired) electrons. The Labute approximate surface area is 108 Å². The van der Waals surface area contributed by atoms with Crippen LogP contribution in [0.1, 0.15) is 39.5 Å². The maximum atomic E-state index is 10.7. The molecule has 0 aromatic rings. The Morgan fingerprint density at radius 2 is 2.11 bits per heavy atom. The Bertz CT molecular complexity index is 285. The zero-order valence-electron chi connectivity index (χ0n) is 11.1. The molecule has 0 N–H and O–H groups in total. The first kappa shape index (κ1) is 13.8. The maximum absolute atomic E-state index is 10.7. The zero-order chi connectivity index (χ0) is 13.0. The van der Waals surface area contributed by atoms with Gasteiger partial charge in [-0.15, -0.1) is 0 Å². The largest absolute Gasteiger partial charge is 0.466 e. The van der Waals surface area contributed by atoms with Crippen LogP contribution in [0.3, 0.4) is 0 Å². The van der Waals surface area contributed by atoms with Gasteiger partial charge in [0.05, 0.1) is 25.9 Å². The minimum atomic E-state index is -0.545. The smallest absolute Gasteiger partial charge is 0.302 e. The number of esters is 1. The summed E-state index contributed by atoms with van der Waals surface area (Å²) in [6.45, 7) is 5.24. The highest BCUT2D eigenvalue weighted by molar-refractivity contribution is 5.65. The lowest BCUT2D eigenvalue weighted by Crippen LogP contribution is -2.39. The Hall–Kier alpha value is -0.650. The average molecular weight is 258 g/mol. The van der Waals surface area contributed by atoms with Crippen molar-refractivity contribution < 1.29 is 23.7 Å². The van der Waals surface area contributed by atoms with Crippen LogP contribution in [-0.2, 0) is 23.7 Å². The Kier molecular flexibility index (Phi) is 4.59. The van der Waals surface area contributed by atoms with E-state index in [-0.39, 0.29) is 18.2 Å². The van der Waals surface area contributed by atoms with Gasteiger partial charge in [0.25, 0.3) is 0 Å². The van der Waals surface area contributed by atoms with Gasteiger partial charge in [-0.25, -0.2) is 0 Å². The molecule has 2 atom stereocenters. The van der Waals surface area contributed by atoms with E-state index < -0.39 is 5.79 Å². The Morgan fingerprint density at radius 3 is 2.72 bits per heavy atom. The molecule has 2 fully saturated rings. The normalized spacial score (nSPS) is 29.9. The number of carbonyl (C=O) groups excluding carboxylic acids is 1. The van der Waals surface area contributed by atoms with Gasteiger partial charge in [0.15, 0.2) is 5.79 Å². The fraction of sp³-hybridized carbons (Fsp3) is 0.923. The summed E-state index contributed by atoms with van der Waals surface area (Å²) in [6, 6.07) is 0. The highest BCUT2D eigenvalue weighted by Crippen LogP contribution is 2.40. The minimum absolute atomic E-state index is 0.0412. The molecule has 0 aromatic carbocycles. The van der Waals surface area contributed by atoms with Crippen LogP contribution in [0.2, 0.25) is 0 Å². The average Bonchev–Trinajstić information content (AvgIpc) is 2.94. The molecule has 2 rings (SSSR count). The zero-order valence-corrected chi connectivity index (χ0v) is 11.1. The molecule has 2 aliphatic rings. The predicted octanol–water partition coefficient (Wildman–Crippen LogP) is 1.64. The van der Waals surface area contributed by atoms with Crippen molar-refractivity contribution in [3.63, 3.8) is 0 Å². The Morgan fingerprint density at radius 1 is 1.39 bits per heavy atom. The fourth-order valence-corrected chi connectivity index (χ4v) is 2.62. The summed E-state index contributed by atoms with van der Waals surface area (Å²) in [5.41, 5.74) is 0. The summed E-state index contributed by atoms with van der Waals surface area (Å²) in [7, 11) is 0. The van der Waals surface area contributed by atoms with Gasteiger partial charge in [-0.2, -0.15) is 0 Å². The summed E-state index contributed by atoms with van der Waals surface area (Å²) < 4.78 is 22.4. The molecular weight excluding hydrogens is 236 g/mol. The van der Waals surface area contributed by atoms with Crippen molar-refractivity contribution in [2.24, 2.45) is 0 Å². The lowest BCUT2D eigenvalue weighted by atomic mass is 10.0. The van der Waals surface area contributed by atoms with E-state index in [2.05, 4.69) is 6.92 Å². The van der Waals surface area contributed by atoms with E-state index in [9.17, 15) is 4.79 Å². The van der Waals surface area contributed by atoms with E-state index in [1.165, 1.54) is 6.92 Å². The molecule has 0 amide bonds. The number of hydrogen-bond acceptors (Lipinski definition) is 5. The summed E-state index contributed by atoms with van der Waals surface area (Å²) in [5.74, 6) is -0.784. The molecule has 5 heteroatoms. The van der Waals surface area contributed by atoms with E-state index in [4.69, 9.17) is 18.9 Å². The second-order valence-electron chi connectivity index (χ2n) is 4.85. The van der Waals surface area contributed by atoms with Crippen molar-refractivity contribution in [2.45, 2.75) is 57.5 Å². The third kappa shape index (κ3) is 3.02. The molecule has 104 valence electrons. The van der Waals surface area contributed by atoms with Gasteiger partial charge >= 0.3 is 5.97 Å². The molecule has 0 bridgehead atoms. The molecule has 18 heavy (non-hydrogen) atoms. The summed E-state index contributed by atoms with van der Waals surface area (Å²) in [6.07, 6.45) is 3.51. The van der Waals surface area contributed by atoms with Crippen LogP contribution in [0.25, 0.3) is 0 Å². The fourth-order valence-electron chi connectivity index (χ4n) is 2.62. The topological polar surface area (TPSA) is 54.0 Å². The van der Waals surface area contributed by atoms with Gasteiger partial charge in [0.2, 0.25) is 0 Å². The number of rotatable bonds is 5. The molecular formula is C13H22O5. The molecule has 5 nitrogen and oxygen atoms in total. The van der Waals surface area contributed by atoms with Gasteiger partial charge in [0, 0.05) is 13.3 Å². The first-order valence-electron chi connectivity index (χ1n) is 6.73. The second-order valence-corrected chi connectivity index (χ2v) is 4.85. The van der Waals surface area contributed by atoms with E-state index in [1.807, 2.05) is 0 Å². The van der Waals surface area contributed by atoms with Crippen molar-refractivity contribution >= 4 is 5.97 Å². The monoisotopic (exact) mass is 258 g/mol. The summed E-state index contributed by atoms with van der Waals surface area (Å²) in [4.78, 5) is 10.7. The van der Waals surface area contributed by atoms with E-state index >= 15 is 0 Å². The van der Waals surface area contributed by atoms with Crippen molar-refractivity contribution in [1.82, 2.24) is 0 Å². The van der Waals surface area contributed by atoms with Crippen molar-refractivity contribution in [1.29, 1.82) is 0 Å². The molecule has 0 unspecified atom stereocenters. The van der Waals surface area contributed by atoms with Crippen LogP contribution in [0.4, 0.5) is 0 Å². The van der Waals surface area contributed by atoms with E-state index in [0.717, 1.165) is 25.7 Å². The standard InChI is InChI=1S/C13H22O5/c1-3-11-9-13(16-7-8-17-13)12(18-11)5-4-6-15-10(2)14/h11-12H,3-9H2,1-2H3/t11-,12+/m1/s1. The van der Waals surface area contributed by atoms with Gasteiger partial charge in [-0.3, -0.25) is 4.79 Å². The van der Waals surface area contributed by atoms with Crippen LogP contribution in [-0.4, -0.2) is 43.8 Å². The second kappa shape index (κ2) is 5.99. The van der Waals surface area contributed by atoms with Gasteiger partial charge in [-0.1, -0.05) is 6.92 Å². The lowest BCUT2D eigenvalue weighted by Gasteiger charge is -2.27. The summed E-state index contributed by atoms with van der Waals surface area (Å²) in [5, 5.41) is 0. The highest BCUT2D eigenvalue weighted by atomic mass is 16.8. The molecule has 0 saturated carbocycles. The van der Waals surface area contributed by atoms with Crippen LogP contribution in [0, 0.1) is 0 Å². The number of carbonyl (C=O) groups is 1. The highest BCUT2D eigenvalue weighted by Gasteiger charge is 2.52. The lowest BCUT2D eigenvalue weighted by molar-refractivity contribution is -0.191. The number of ether oxygens (including phenoxy) is 4. The third-order valence-corrected chi connectivity index (χ3v) is 3.51. The van der Waals surface area contributed by atoms with E-state index in [1.54, 1.807) is 0 Å². The Balaban J connectivity index is 1.83.